The first-order valence-electron chi connectivity index (χ1n) is 11.9. The molecule has 0 atom stereocenters. The number of hydrogen-bond donors (Lipinski definition) is 0. The fourth-order valence-electron chi connectivity index (χ4n) is 4.39. The van der Waals surface area contributed by atoms with Crippen molar-refractivity contribution in [2.45, 2.75) is 32.3 Å². The summed E-state index contributed by atoms with van der Waals surface area (Å²) in [5.41, 5.74) is 6.90. The van der Waals surface area contributed by atoms with E-state index in [1.54, 1.807) is 12.4 Å². The third kappa shape index (κ3) is 4.62. The monoisotopic (exact) mass is 493 g/mol. The molecule has 3 heterocycles. The minimum atomic E-state index is 0.0663. The van der Waals surface area contributed by atoms with Gasteiger partial charge in [0, 0.05) is 46.3 Å². The maximum Gasteiger partial charge on any atom is 0.196 e. The lowest BCUT2D eigenvalue weighted by molar-refractivity contribution is 0.102. The fraction of sp³-hybridized carbons (Fsp3) is 0.172. The van der Waals surface area contributed by atoms with Crippen molar-refractivity contribution < 1.29 is 4.79 Å². The van der Waals surface area contributed by atoms with Crippen LogP contribution in [0, 0.1) is 13.8 Å². The molecule has 0 unspecified atom stereocenters. The summed E-state index contributed by atoms with van der Waals surface area (Å²) in [6.45, 7) is 6.16. The van der Waals surface area contributed by atoms with Crippen LogP contribution in [0.4, 0.5) is 0 Å². The molecule has 0 radical (unpaired) electrons. The molecule has 0 amide bonds. The van der Waals surface area contributed by atoms with Crippen LogP contribution >= 0.6 is 11.8 Å². The third-order valence-corrected chi connectivity index (χ3v) is 7.18. The molecule has 0 aliphatic carbocycles. The standard InChI is InChI=1S/C29H27N5OS/c1-4-22-10-12-25(13-11-22)34-28(23-14-16-30-17-15-23)31-32-29(34)36-19-27(35)26-18-20(2)33(21(26)3)24-8-6-5-7-9-24/h5-18H,4,19H2,1-3H3. The number of pyridine rings is 1. The van der Waals surface area contributed by atoms with Gasteiger partial charge in [-0.25, -0.2) is 0 Å². The molecule has 0 saturated heterocycles. The zero-order valence-electron chi connectivity index (χ0n) is 20.5. The number of rotatable bonds is 8. The number of carbonyl (C=O) groups excluding carboxylic acids is 1. The molecule has 7 heteroatoms. The molecule has 0 aliphatic rings. The summed E-state index contributed by atoms with van der Waals surface area (Å²) < 4.78 is 4.14. The number of carbonyl (C=O) groups is 1. The Labute approximate surface area is 215 Å². The highest BCUT2D eigenvalue weighted by atomic mass is 32.2. The minimum Gasteiger partial charge on any atom is -0.318 e. The quantitative estimate of drug-likeness (QED) is 0.188. The Bertz CT molecular complexity index is 1490. The Hall–Kier alpha value is -3.97. The van der Waals surface area contributed by atoms with E-state index in [0.29, 0.717) is 5.16 Å². The largest absolute Gasteiger partial charge is 0.318 e. The van der Waals surface area contributed by atoms with Crippen LogP contribution in [0.3, 0.4) is 0 Å². The van der Waals surface area contributed by atoms with Gasteiger partial charge in [0.2, 0.25) is 0 Å². The number of Topliss-reactive ketones (excluding diaryl/α,β-unsaturated/α-hetero) is 1. The average Bonchev–Trinajstić information content (AvgIpc) is 3.48. The summed E-state index contributed by atoms with van der Waals surface area (Å²) in [4.78, 5) is 17.5. The number of thioether (sulfide) groups is 1. The highest BCUT2D eigenvalue weighted by Crippen LogP contribution is 2.29. The summed E-state index contributed by atoms with van der Waals surface area (Å²) >= 11 is 1.40. The van der Waals surface area contributed by atoms with E-state index >= 15 is 0 Å². The van der Waals surface area contributed by atoms with Crippen molar-refractivity contribution in [3.63, 3.8) is 0 Å². The number of benzene rings is 2. The van der Waals surface area contributed by atoms with Gasteiger partial charge in [0.05, 0.1) is 5.75 Å². The molecule has 0 saturated carbocycles. The summed E-state index contributed by atoms with van der Waals surface area (Å²) in [7, 11) is 0. The molecule has 3 aromatic heterocycles. The Morgan fingerprint density at radius 2 is 1.56 bits per heavy atom. The van der Waals surface area contributed by atoms with Gasteiger partial charge in [-0.1, -0.05) is 49.0 Å². The SMILES string of the molecule is CCc1ccc(-n2c(SCC(=O)c3cc(C)n(-c4ccccc4)c3C)nnc2-c2ccncc2)cc1. The number of ketones is 1. The highest BCUT2D eigenvalue weighted by Gasteiger charge is 2.20. The minimum absolute atomic E-state index is 0.0663. The second kappa shape index (κ2) is 10.3. The normalized spacial score (nSPS) is 11.1. The van der Waals surface area contributed by atoms with Crippen molar-refractivity contribution in [1.82, 2.24) is 24.3 Å². The molecule has 0 aliphatic heterocycles. The molecular weight excluding hydrogens is 466 g/mol. The molecule has 0 N–H and O–H groups in total. The van der Waals surface area contributed by atoms with Crippen molar-refractivity contribution in [2.24, 2.45) is 0 Å². The molecule has 5 rings (SSSR count). The molecule has 6 nitrogen and oxygen atoms in total. The lowest BCUT2D eigenvalue weighted by atomic mass is 10.1. The molecule has 2 aromatic carbocycles. The van der Waals surface area contributed by atoms with Gasteiger partial charge in [0.25, 0.3) is 0 Å². The summed E-state index contributed by atoms with van der Waals surface area (Å²) in [6.07, 6.45) is 4.46. The average molecular weight is 494 g/mol. The lowest BCUT2D eigenvalue weighted by Gasteiger charge is -2.11. The Balaban J connectivity index is 1.45. The van der Waals surface area contributed by atoms with Crippen LogP contribution in [0.1, 0.15) is 34.2 Å². The Kier molecular flexibility index (Phi) is 6.82. The van der Waals surface area contributed by atoms with Gasteiger partial charge in [0.15, 0.2) is 16.8 Å². The van der Waals surface area contributed by atoms with E-state index in [4.69, 9.17) is 0 Å². The molecule has 36 heavy (non-hydrogen) atoms. The van der Waals surface area contributed by atoms with Crippen molar-refractivity contribution in [1.29, 1.82) is 0 Å². The molecule has 0 spiro atoms. The van der Waals surface area contributed by atoms with Gasteiger partial charge >= 0.3 is 0 Å². The van der Waals surface area contributed by atoms with Crippen LogP contribution in [0.5, 0.6) is 0 Å². The van der Waals surface area contributed by atoms with Gasteiger partial charge < -0.3 is 4.57 Å². The van der Waals surface area contributed by atoms with E-state index in [2.05, 4.69) is 63.1 Å². The van der Waals surface area contributed by atoms with Crippen LogP contribution < -0.4 is 0 Å². The lowest BCUT2D eigenvalue weighted by Crippen LogP contribution is -2.07. The second-order valence-electron chi connectivity index (χ2n) is 8.57. The smallest absolute Gasteiger partial charge is 0.196 e. The highest BCUT2D eigenvalue weighted by molar-refractivity contribution is 7.99. The zero-order valence-corrected chi connectivity index (χ0v) is 21.4. The summed E-state index contributed by atoms with van der Waals surface area (Å²) in [5.74, 6) is 1.05. The Morgan fingerprint density at radius 3 is 2.25 bits per heavy atom. The third-order valence-electron chi connectivity index (χ3n) is 6.25. The van der Waals surface area contributed by atoms with Crippen LogP contribution in [0.25, 0.3) is 22.8 Å². The van der Waals surface area contributed by atoms with E-state index < -0.39 is 0 Å². The van der Waals surface area contributed by atoms with Crippen LogP contribution in [-0.4, -0.2) is 35.9 Å². The zero-order chi connectivity index (χ0) is 25.1. The molecule has 180 valence electrons. The molecular formula is C29H27N5OS. The first kappa shape index (κ1) is 23.8. The topological polar surface area (TPSA) is 65.6 Å². The predicted octanol–water partition coefficient (Wildman–Crippen LogP) is 6.27. The predicted molar refractivity (Wildman–Crippen MR) is 144 cm³/mol. The van der Waals surface area contributed by atoms with E-state index in [1.807, 2.05) is 54.8 Å². The number of aromatic nitrogens is 5. The molecule has 5 aromatic rings. The van der Waals surface area contributed by atoms with Gasteiger partial charge in [-0.3, -0.25) is 14.3 Å². The fourth-order valence-corrected chi connectivity index (χ4v) is 5.23. The molecule has 0 bridgehead atoms. The maximum absolute atomic E-state index is 13.3. The van der Waals surface area contributed by atoms with Crippen molar-refractivity contribution in [3.8, 4) is 22.8 Å². The van der Waals surface area contributed by atoms with Gasteiger partial charge in [-0.15, -0.1) is 10.2 Å². The summed E-state index contributed by atoms with van der Waals surface area (Å²) in [5, 5.41) is 9.63. The first-order chi connectivity index (χ1) is 17.6. The Morgan fingerprint density at radius 1 is 0.861 bits per heavy atom. The maximum atomic E-state index is 13.3. The van der Waals surface area contributed by atoms with Crippen molar-refractivity contribution in [2.75, 3.05) is 5.75 Å². The molecule has 0 fully saturated rings. The van der Waals surface area contributed by atoms with Crippen molar-refractivity contribution in [3.05, 3.63) is 108 Å². The van der Waals surface area contributed by atoms with Crippen LogP contribution in [0.15, 0.2) is 90.3 Å². The first-order valence-corrected chi connectivity index (χ1v) is 12.9. The van der Waals surface area contributed by atoms with Gasteiger partial charge in [0.1, 0.15) is 0 Å². The van der Waals surface area contributed by atoms with E-state index in [-0.39, 0.29) is 11.5 Å². The van der Waals surface area contributed by atoms with Crippen LogP contribution in [-0.2, 0) is 6.42 Å². The van der Waals surface area contributed by atoms with E-state index in [0.717, 1.165) is 46.1 Å². The summed E-state index contributed by atoms with van der Waals surface area (Å²) in [6, 6.07) is 24.3. The number of hydrogen-bond acceptors (Lipinski definition) is 5. The van der Waals surface area contributed by atoms with Gasteiger partial charge in [-0.2, -0.15) is 0 Å². The van der Waals surface area contributed by atoms with E-state index in [9.17, 15) is 4.79 Å². The van der Waals surface area contributed by atoms with Crippen molar-refractivity contribution >= 4 is 17.5 Å². The van der Waals surface area contributed by atoms with E-state index in [1.165, 1.54) is 17.3 Å². The number of nitrogens with zero attached hydrogens (tertiary/aromatic N) is 5. The number of aryl methyl sites for hydroxylation is 2. The number of para-hydroxylation sites is 1. The van der Waals surface area contributed by atoms with Gasteiger partial charge in [-0.05, 0) is 68.3 Å². The van der Waals surface area contributed by atoms with Crippen LogP contribution in [0.2, 0.25) is 0 Å². The second-order valence-corrected chi connectivity index (χ2v) is 9.51.